The summed E-state index contributed by atoms with van der Waals surface area (Å²) in [5.41, 5.74) is 5.40. The van der Waals surface area contributed by atoms with E-state index in [1.807, 2.05) is 0 Å². The second-order valence-corrected chi connectivity index (χ2v) is 6.26. The van der Waals surface area contributed by atoms with Crippen LogP contribution >= 0.6 is 11.3 Å². The number of rotatable bonds is 2. The number of nitrogens with zero attached hydrogens (tertiary/aromatic N) is 2. The first-order valence-corrected chi connectivity index (χ1v) is 6.65. The fourth-order valence-electron chi connectivity index (χ4n) is 1.31. The maximum Gasteiger partial charge on any atom is 0.254 e. The Bertz CT molecular complexity index is 436. The Morgan fingerprint density at radius 1 is 1.47 bits per heavy atom. The zero-order valence-corrected chi connectivity index (χ0v) is 9.55. The van der Waals surface area contributed by atoms with Crippen LogP contribution in [-0.2, 0) is 14.8 Å². The number of nitrogens with two attached hydrogens (primary N) is 1. The van der Waals surface area contributed by atoms with Crippen molar-refractivity contribution >= 4 is 26.5 Å². The van der Waals surface area contributed by atoms with Crippen LogP contribution in [0.1, 0.15) is 0 Å². The van der Waals surface area contributed by atoms with E-state index in [2.05, 4.69) is 4.98 Å². The van der Waals surface area contributed by atoms with Crippen LogP contribution in [0.25, 0.3) is 0 Å². The minimum atomic E-state index is -3.41. The maximum absolute atomic E-state index is 12.0. The third kappa shape index (κ3) is 2.12. The molecule has 0 amide bonds. The van der Waals surface area contributed by atoms with Gasteiger partial charge in [0.1, 0.15) is 0 Å². The number of nitrogen functional groups attached to an aromatic ring is 1. The van der Waals surface area contributed by atoms with Gasteiger partial charge >= 0.3 is 0 Å². The van der Waals surface area contributed by atoms with Gasteiger partial charge in [-0.25, -0.2) is 13.4 Å². The molecule has 0 spiro atoms. The molecule has 84 valence electrons. The highest BCUT2D eigenvalue weighted by molar-refractivity contribution is 7.91. The SMILES string of the molecule is Nc1ncc(S(=O)(=O)N2CCOCC2)s1. The first-order valence-electron chi connectivity index (χ1n) is 4.40. The van der Waals surface area contributed by atoms with E-state index in [9.17, 15) is 8.42 Å². The van der Waals surface area contributed by atoms with Crippen molar-refractivity contribution in [3.8, 4) is 0 Å². The average molecular weight is 249 g/mol. The van der Waals surface area contributed by atoms with Crippen molar-refractivity contribution in [3.05, 3.63) is 6.20 Å². The van der Waals surface area contributed by atoms with Gasteiger partial charge in [-0.2, -0.15) is 4.31 Å². The zero-order valence-electron chi connectivity index (χ0n) is 7.92. The van der Waals surface area contributed by atoms with Gasteiger partial charge in [0.25, 0.3) is 10.0 Å². The summed E-state index contributed by atoms with van der Waals surface area (Å²) in [5, 5.41) is 0.266. The highest BCUT2D eigenvalue weighted by Crippen LogP contribution is 2.24. The molecule has 2 heterocycles. The Balaban J connectivity index is 2.26. The molecule has 0 radical (unpaired) electrons. The van der Waals surface area contributed by atoms with Crippen molar-refractivity contribution in [3.63, 3.8) is 0 Å². The molecule has 0 aromatic carbocycles. The van der Waals surface area contributed by atoms with E-state index in [1.165, 1.54) is 10.5 Å². The van der Waals surface area contributed by atoms with Gasteiger partial charge in [-0.1, -0.05) is 11.3 Å². The fraction of sp³-hybridized carbons (Fsp3) is 0.571. The molecule has 0 bridgehead atoms. The van der Waals surface area contributed by atoms with Gasteiger partial charge in [0.05, 0.1) is 19.4 Å². The number of hydrogen-bond acceptors (Lipinski definition) is 6. The summed E-state index contributed by atoms with van der Waals surface area (Å²) in [6, 6.07) is 0. The van der Waals surface area contributed by atoms with Gasteiger partial charge < -0.3 is 10.5 Å². The molecule has 0 unspecified atom stereocenters. The quantitative estimate of drug-likeness (QED) is 0.781. The first-order chi connectivity index (χ1) is 7.10. The molecule has 1 aliphatic heterocycles. The Hall–Kier alpha value is -0.700. The smallest absolute Gasteiger partial charge is 0.254 e. The topological polar surface area (TPSA) is 85.5 Å². The molecular weight excluding hydrogens is 238 g/mol. The van der Waals surface area contributed by atoms with E-state index in [0.29, 0.717) is 26.3 Å². The minimum absolute atomic E-state index is 0.196. The molecule has 6 nitrogen and oxygen atoms in total. The molecule has 1 aliphatic rings. The highest BCUT2D eigenvalue weighted by atomic mass is 32.2. The third-order valence-electron chi connectivity index (χ3n) is 2.07. The van der Waals surface area contributed by atoms with Crippen LogP contribution in [-0.4, -0.2) is 44.0 Å². The standard InChI is InChI=1S/C7H11N3O3S2/c8-7-9-5-6(14-7)15(11,12)10-1-3-13-4-2-10/h5H,1-4H2,(H2,8,9). The lowest BCUT2D eigenvalue weighted by Crippen LogP contribution is -2.40. The largest absolute Gasteiger partial charge is 0.379 e. The third-order valence-corrected chi connectivity index (χ3v) is 5.23. The Kier molecular flexibility index (Phi) is 2.91. The normalized spacial score (nSPS) is 19.2. The molecule has 0 atom stereocenters. The zero-order chi connectivity index (χ0) is 10.9. The summed E-state index contributed by atoms with van der Waals surface area (Å²) in [4.78, 5) is 3.74. The minimum Gasteiger partial charge on any atom is -0.379 e. The molecule has 15 heavy (non-hydrogen) atoms. The van der Waals surface area contributed by atoms with Gasteiger partial charge in [0.2, 0.25) is 0 Å². The summed E-state index contributed by atoms with van der Waals surface area (Å²) in [6.07, 6.45) is 1.30. The second kappa shape index (κ2) is 4.05. The number of aromatic nitrogens is 1. The van der Waals surface area contributed by atoms with Crippen molar-refractivity contribution in [2.75, 3.05) is 32.0 Å². The molecule has 2 rings (SSSR count). The fourth-order valence-corrected chi connectivity index (χ4v) is 3.79. The summed E-state index contributed by atoms with van der Waals surface area (Å²) in [7, 11) is -3.41. The Morgan fingerprint density at radius 2 is 2.13 bits per heavy atom. The predicted molar refractivity (Wildman–Crippen MR) is 56.1 cm³/mol. The van der Waals surface area contributed by atoms with E-state index in [4.69, 9.17) is 10.5 Å². The van der Waals surface area contributed by atoms with Crippen molar-refractivity contribution in [2.45, 2.75) is 4.21 Å². The molecule has 1 saturated heterocycles. The van der Waals surface area contributed by atoms with Crippen molar-refractivity contribution in [1.29, 1.82) is 0 Å². The summed E-state index contributed by atoms with van der Waals surface area (Å²) >= 11 is 0.985. The number of thiazole rings is 1. The van der Waals surface area contributed by atoms with Gasteiger partial charge in [-0.15, -0.1) is 0 Å². The molecule has 0 aliphatic carbocycles. The molecule has 1 aromatic heterocycles. The van der Waals surface area contributed by atoms with Crippen LogP contribution in [0.15, 0.2) is 10.4 Å². The van der Waals surface area contributed by atoms with Crippen LogP contribution in [0.2, 0.25) is 0 Å². The molecule has 2 N–H and O–H groups in total. The van der Waals surface area contributed by atoms with Crippen molar-refractivity contribution in [2.24, 2.45) is 0 Å². The molecule has 0 saturated carbocycles. The van der Waals surface area contributed by atoms with Crippen LogP contribution < -0.4 is 5.73 Å². The number of morpholine rings is 1. The average Bonchev–Trinajstić information content (AvgIpc) is 2.67. The Labute approximate surface area is 91.7 Å². The van der Waals surface area contributed by atoms with Crippen LogP contribution in [0, 0.1) is 0 Å². The lowest BCUT2D eigenvalue weighted by molar-refractivity contribution is 0.0731. The van der Waals surface area contributed by atoms with E-state index in [-0.39, 0.29) is 9.34 Å². The van der Waals surface area contributed by atoms with Crippen molar-refractivity contribution in [1.82, 2.24) is 9.29 Å². The summed E-state index contributed by atoms with van der Waals surface area (Å²) in [6.45, 7) is 1.65. The van der Waals surface area contributed by atoms with E-state index < -0.39 is 10.0 Å². The lowest BCUT2D eigenvalue weighted by atomic mass is 10.5. The molecule has 1 fully saturated rings. The highest BCUT2D eigenvalue weighted by Gasteiger charge is 2.27. The summed E-state index contributed by atoms with van der Waals surface area (Å²) < 4.78 is 30.7. The van der Waals surface area contributed by atoms with Crippen molar-refractivity contribution < 1.29 is 13.2 Å². The lowest BCUT2D eigenvalue weighted by Gasteiger charge is -2.25. The van der Waals surface area contributed by atoms with Gasteiger partial charge in [-0.3, -0.25) is 0 Å². The van der Waals surface area contributed by atoms with E-state index in [1.54, 1.807) is 0 Å². The van der Waals surface area contributed by atoms with Gasteiger partial charge in [0.15, 0.2) is 9.34 Å². The number of hydrogen-bond donors (Lipinski definition) is 1. The van der Waals surface area contributed by atoms with Crippen LogP contribution in [0.5, 0.6) is 0 Å². The summed E-state index contributed by atoms with van der Waals surface area (Å²) in [5.74, 6) is 0. The molecule has 8 heteroatoms. The van der Waals surface area contributed by atoms with E-state index >= 15 is 0 Å². The van der Waals surface area contributed by atoms with Crippen LogP contribution in [0.3, 0.4) is 0 Å². The first kappa shape index (κ1) is 10.8. The van der Waals surface area contributed by atoms with Gasteiger partial charge in [-0.05, 0) is 0 Å². The maximum atomic E-state index is 12.0. The number of ether oxygens (including phenoxy) is 1. The van der Waals surface area contributed by atoms with Gasteiger partial charge in [0, 0.05) is 13.1 Å². The van der Waals surface area contributed by atoms with E-state index in [0.717, 1.165) is 11.3 Å². The monoisotopic (exact) mass is 249 g/mol. The molecule has 1 aromatic rings. The van der Waals surface area contributed by atoms with Crippen LogP contribution in [0.4, 0.5) is 5.13 Å². The number of anilines is 1. The molecular formula is C7H11N3O3S2. The predicted octanol–water partition coefficient (Wildman–Crippen LogP) is -0.254. The number of sulfonamides is 1. The second-order valence-electron chi connectivity index (χ2n) is 3.03. The Morgan fingerprint density at radius 3 is 2.67 bits per heavy atom.